The lowest BCUT2D eigenvalue weighted by Crippen LogP contribution is -2.57. The van der Waals surface area contributed by atoms with E-state index in [2.05, 4.69) is 0 Å². The average Bonchev–Trinajstić information content (AvgIpc) is 3.17. The third-order valence-corrected chi connectivity index (χ3v) is 5.40. The number of benzene rings is 1. The van der Waals surface area contributed by atoms with Crippen LogP contribution in [0.15, 0.2) is 34.7 Å². The molecule has 2 aliphatic heterocycles. The van der Waals surface area contributed by atoms with Crippen molar-refractivity contribution in [3.63, 3.8) is 0 Å². The molecule has 2 N–H and O–H groups in total. The Bertz CT molecular complexity index is 870. The van der Waals surface area contributed by atoms with Crippen LogP contribution in [0.4, 0.5) is 10.1 Å². The molecule has 0 spiro atoms. The van der Waals surface area contributed by atoms with E-state index in [1.807, 2.05) is 0 Å². The number of halogens is 2. The molecular weight excluding hydrogens is 361 g/mol. The number of nitrogen functional groups attached to an aromatic ring is 1. The van der Waals surface area contributed by atoms with Crippen molar-refractivity contribution in [2.75, 3.05) is 18.8 Å². The molecule has 0 aliphatic carbocycles. The van der Waals surface area contributed by atoms with Gasteiger partial charge in [0.15, 0.2) is 5.76 Å². The Morgan fingerprint density at radius 3 is 2.42 bits per heavy atom. The van der Waals surface area contributed by atoms with Crippen LogP contribution in [0.2, 0.25) is 5.02 Å². The van der Waals surface area contributed by atoms with Crippen molar-refractivity contribution >= 4 is 29.1 Å². The molecule has 4 rings (SSSR count). The second kappa shape index (κ2) is 6.32. The third-order valence-electron chi connectivity index (χ3n) is 5.07. The molecular formula is C18H17ClFN3O3. The predicted molar refractivity (Wildman–Crippen MR) is 93.4 cm³/mol. The van der Waals surface area contributed by atoms with Crippen LogP contribution in [0, 0.1) is 6.01 Å². The molecule has 136 valence electrons. The lowest BCUT2D eigenvalue weighted by Gasteiger charge is -2.41. The number of hydrogen-bond donors (Lipinski definition) is 1. The van der Waals surface area contributed by atoms with Crippen molar-refractivity contribution < 1.29 is 18.4 Å². The van der Waals surface area contributed by atoms with Gasteiger partial charge >= 0.3 is 0 Å². The van der Waals surface area contributed by atoms with E-state index in [1.165, 1.54) is 6.07 Å². The third kappa shape index (κ3) is 2.72. The number of likely N-dealkylation sites (tertiary alicyclic amines) is 1. The van der Waals surface area contributed by atoms with E-state index in [0.29, 0.717) is 23.7 Å². The molecule has 1 aromatic carbocycles. The number of para-hydroxylation sites is 1. The first-order valence-electron chi connectivity index (χ1n) is 8.37. The molecule has 2 bridgehead atoms. The fourth-order valence-corrected chi connectivity index (χ4v) is 4.02. The minimum absolute atomic E-state index is 0.0271. The molecule has 8 heteroatoms. The number of nitrogens with zero attached hydrogens (tertiary/aromatic N) is 2. The zero-order valence-electron chi connectivity index (χ0n) is 13.8. The second-order valence-corrected chi connectivity index (χ2v) is 7.02. The minimum atomic E-state index is -0.790. The van der Waals surface area contributed by atoms with E-state index in [1.54, 1.807) is 28.0 Å². The molecule has 1 aromatic heterocycles. The number of fused-ring (bicyclic) bond motifs is 2. The maximum Gasteiger partial charge on any atom is 0.289 e. The number of piperazine rings is 1. The molecule has 2 fully saturated rings. The molecule has 26 heavy (non-hydrogen) atoms. The molecule has 2 atom stereocenters. The first kappa shape index (κ1) is 16.9. The number of carbonyl (C=O) groups excluding carboxylic acids is 2. The molecule has 2 aliphatic rings. The Labute approximate surface area is 154 Å². The maximum atomic E-state index is 13.0. The molecule has 0 saturated carbocycles. The van der Waals surface area contributed by atoms with E-state index in [0.717, 1.165) is 18.9 Å². The number of carbonyl (C=O) groups is 2. The van der Waals surface area contributed by atoms with Gasteiger partial charge in [0.2, 0.25) is 0 Å². The highest BCUT2D eigenvalue weighted by molar-refractivity contribution is 6.33. The van der Waals surface area contributed by atoms with Crippen molar-refractivity contribution in [2.45, 2.75) is 24.9 Å². The SMILES string of the molecule is Nc1c(Cl)cccc1C(=O)N1[C@@H]2CC[C@H]1CN(C(=O)c1ccc(F)o1)C2. The van der Waals surface area contributed by atoms with E-state index in [4.69, 9.17) is 21.8 Å². The molecule has 6 nitrogen and oxygen atoms in total. The van der Waals surface area contributed by atoms with Gasteiger partial charge < -0.3 is 20.0 Å². The Morgan fingerprint density at radius 1 is 1.12 bits per heavy atom. The van der Waals surface area contributed by atoms with E-state index in [-0.39, 0.29) is 35.3 Å². The summed E-state index contributed by atoms with van der Waals surface area (Å²) in [5.41, 5.74) is 6.61. The van der Waals surface area contributed by atoms with E-state index < -0.39 is 6.01 Å². The Morgan fingerprint density at radius 2 is 1.81 bits per heavy atom. The summed E-state index contributed by atoms with van der Waals surface area (Å²) >= 11 is 6.03. The Kier molecular flexibility index (Phi) is 4.11. The summed E-state index contributed by atoms with van der Waals surface area (Å²) in [6, 6.07) is 6.42. The number of nitrogens with two attached hydrogens (primary N) is 1. The molecule has 0 unspecified atom stereocenters. The Hall–Kier alpha value is -2.54. The number of amides is 2. The van der Waals surface area contributed by atoms with Crippen LogP contribution in [0.5, 0.6) is 0 Å². The van der Waals surface area contributed by atoms with Crippen LogP contribution in [0.1, 0.15) is 33.8 Å². The maximum absolute atomic E-state index is 13.0. The van der Waals surface area contributed by atoms with Gasteiger partial charge in [-0.05, 0) is 31.0 Å². The number of anilines is 1. The van der Waals surface area contributed by atoms with Crippen molar-refractivity contribution in [3.8, 4) is 0 Å². The minimum Gasteiger partial charge on any atom is -0.426 e. The van der Waals surface area contributed by atoms with Crippen LogP contribution < -0.4 is 5.73 Å². The fourth-order valence-electron chi connectivity index (χ4n) is 3.85. The normalized spacial score (nSPS) is 21.9. The number of hydrogen-bond acceptors (Lipinski definition) is 4. The first-order valence-corrected chi connectivity index (χ1v) is 8.74. The topological polar surface area (TPSA) is 79.8 Å². The van der Waals surface area contributed by atoms with Crippen molar-refractivity contribution in [1.82, 2.24) is 9.80 Å². The van der Waals surface area contributed by atoms with Crippen molar-refractivity contribution in [1.29, 1.82) is 0 Å². The monoisotopic (exact) mass is 377 g/mol. The molecule has 2 aromatic rings. The predicted octanol–water partition coefficient (Wildman–Crippen LogP) is 2.78. The fraction of sp³-hybridized carbons (Fsp3) is 0.333. The summed E-state index contributed by atoms with van der Waals surface area (Å²) in [5.74, 6) is -0.561. The molecule has 0 radical (unpaired) electrons. The smallest absolute Gasteiger partial charge is 0.289 e. The summed E-state index contributed by atoms with van der Waals surface area (Å²) in [4.78, 5) is 28.9. The van der Waals surface area contributed by atoms with Gasteiger partial charge in [0.25, 0.3) is 17.8 Å². The van der Waals surface area contributed by atoms with Crippen LogP contribution in [-0.4, -0.2) is 46.8 Å². The van der Waals surface area contributed by atoms with Gasteiger partial charge in [0, 0.05) is 19.2 Å². The molecule has 2 saturated heterocycles. The number of furan rings is 1. The summed E-state index contributed by atoms with van der Waals surface area (Å²) in [7, 11) is 0. The van der Waals surface area contributed by atoms with Crippen molar-refractivity contribution in [2.24, 2.45) is 0 Å². The molecule has 3 heterocycles. The summed E-state index contributed by atoms with van der Waals surface area (Å²) in [5, 5.41) is 0.344. The van der Waals surface area contributed by atoms with Gasteiger partial charge in [-0.1, -0.05) is 17.7 Å². The number of rotatable bonds is 2. The highest BCUT2D eigenvalue weighted by Crippen LogP contribution is 2.34. The summed E-state index contributed by atoms with van der Waals surface area (Å²) < 4.78 is 17.8. The van der Waals surface area contributed by atoms with Gasteiger partial charge in [-0.25, -0.2) is 0 Å². The van der Waals surface area contributed by atoms with E-state index in [9.17, 15) is 14.0 Å². The van der Waals surface area contributed by atoms with Crippen molar-refractivity contribution in [3.05, 3.63) is 52.7 Å². The second-order valence-electron chi connectivity index (χ2n) is 6.61. The molecule has 2 amide bonds. The average molecular weight is 378 g/mol. The standard InChI is InChI=1S/C18H17ClFN3O3/c19-13-3-1-2-12(16(13)21)17(24)23-10-4-5-11(23)9-22(8-10)18(25)14-6-7-15(20)26-14/h1-3,6-7,10-11H,4-5,8-9,21H2/t10-,11+. The first-order chi connectivity index (χ1) is 12.5. The Balaban J connectivity index is 1.55. The van der Waals surface area contributed by atoms with Gasteiger partial charge in [-0.2, -0.15) is 4.39 Å². The lowest BCUT2D eigenvalue weighted by atomic mass is 10.1. The van der Waals surface area contributed by atoms with Gasteiger partial charge in [0.05, 0.1) is 28.4 Å². The quantitative estimate of drug-likeness (QED) is 0.816. The van der Waals surface area contributed by atoms with Gasteiger partial charge in [0.1, 0.15) is 0 Å². The van der Waals surface area contributed by atoms with Gasteiger partial charge in [-0.15, -0.1) is 0 Å². The van der Waals surface area contributed by atoms with Crippen LogP contribution >= 0.6 is 11.6 Å². The van der Waals surface area contributed by atoms with Crippen LogP contribution in [0.3, 0.4) is 0 Å². The van der Waals surface area contributed by atoms with Crippen LogP contribution in [-0.2, 0) is 0 Å². The highest BCUT2D eigenvalue weighted by Gasteiger charge is 2.44. The van der Waals surface area contributed by atoms with Gasteiger partial charge in [-0.3, -0.25) is 9.59 Å². The zero-order chi connectivity index (χ0) is 18.4. The highest BCUT2D eigenvalue weighted by atomic mass is 35.5. The summed E-state index contributed by atoms with van der Waals surface area (Å²) in [6.07, 6.45) is 1.60. The van der Waals surface area contributed by atoms with Crippen LogP contribution in [0.25, 0.3) is 0 Å². The summed E-state index contributed by atoms with van der Waals surface area (Å²) in [6.45, 7) is 0.758. The zero-order valence-corrected chi connectivity index (χ0v) is 14.6. The van der Waals surface area contributed by atoms with E-state index >= 15 is 0 Å². The largest absolute Gasteiger partial charge is 0.426 e. The lowest BCUT2D eigenvalue weighted by molar-refractivity contribution is 0.0343.